The first-order valence-corrected chi connectivity index (χ1v) is 11.2. The SMILES string of the molecule is Cc1ccc(C(=O)N(Cc2ccc3c(c2)OCO3)C2CCCC2)cc1NC(=O)c1ccco1. The third-order valence-electron chi connectivity index (χ3n) is 6.29. The minimum Gasteiger partial charge on any atom is -0.459 e. The van der Waals surface area contributed by atoms with Crippen LogP contribution in [-0.2, 0) is 6.54 Å². The number of rotatable bonds is 6. The molecule has 170 valence electrons. The molecule has 5 rings (SSSR count). The van der Waals surface area contributed by atoms with Crippen LogP contribution in [0.25, 0.3) is 0 Å². The summed E-state index contributed by atoms with van der Waals surface area (Å²) in [6.07, 6.45) is 5.67. The number of hydrogen-bond acceptors (Lipinski definition) is 5. The lowest BCUT2D eigenvalue weighted by atomic mass is 10.1. The first-order valence-electron chi connectivity index (χ1n) is 11.2. The summed E-state index contributed by atoms with van der Waals surface area (Å²) in [4.78, 5) is 28.1. The molecule has 2 aliphatic rings. The lowest BCUT2D eigenvalue weighted by Crippen LogP contribution is -2.38. The molecule has 0 saturated heterocycles. The van der Waals surface area contributed by atoms with E-state index in [-0.39, 0.29) is 30.4 Å². The lowest BCUT2D eigenvalue weighted by molar-refractivity contribution is 0.0664. The van der Waals surface area contributed by atoms with Crippen molar-refractivity contribution < 1.29 is 23.5 Å². The van der Waals surface area contributed by atoms with Gasteiger partial charge in [0.15, 0.2) is 17.3 Å². The van der Waals surface area contributed by atoms with Crippen LogP contribution in [0.1, 0.15) is 57.7 Å². The van der Waals surface area contributed by atoms with Crippen LogP contribution in [-0.4, -0.2) is 29.5 Å². The third-order valence-corrected chi connectivity index (χ3v) is 6.29. The number of amides is 2. The van der Waals surface area contributed by atoms with Gasteiger partial charge in [0.1, 0.15) is 0 Å². The van der Waals surface area contributed by atoms with E-state index >= 15 is 0 Å². The zero-order chi connectivity index (χ0) is 22.8. The number of aryl methyl sites for hydroxylation is 1. The van der Waals surface area contributed by atoms with Gasteiger partial charge in [-0.2, -0.15) is 0 Å². The Hall–Kier alpha value is -3.74. The Kier molecular flexibility index (Phi) is 5.77. The van der Waals surface area contributed by atoms with Gasteiger partial charge in [0.2, 0.25) is 6.79 Å². The number of nitrogens with zero attached hydrogens (tertiary/aromatic N) is 1. The highest BCUT2D eigenvalue weighted by Crippen LogP contribution is 2.34. The number of benzene rings is 2. The van der Waals surface area contributed by atoms with Gasteiger partial charge in [-0.25, -0.2) is 0 Å². The first kappa shape index (κ1) is 21.1. The standard InChI is InChI=1S/C26H26N2O5/c1-17-8-10-19(14-21(17)27-25(29)23-7-4-12-31-23)26(30)28(20-5-2-3-6-20)15-18-9-11-22-24(13-18)33-16-32-22/h4,7-14,20H,2-3,5-6,15-16H2,1H3,(H,27,29). The summed E-state index contributed by atoms with van der Waals surface area (Å²) in [6.45, 7) is 2.61. The fourth-order valence-electron chi connectivity index (χ4n) is 4.47. The van der Waals surface area contributed by atoms with Crippen LogP contribution in [0.2, 0.25) is 0 Å². The molecule has 1 aliphatic heterocycles. The van der Waals surface area contributed by atoms with Gasteiger partial charge in [0.25, 0.3) is 11.8 Å². The van der Waals surface area contributed by atoms with E-state index in [2.05, 4.69) is 5.32 Å². The predicted molar refractivity (Wildman–Crippen MR) is 123 cm³/mol. The Morgan fingerprint density at radius 3 is 2.64 bits per heavy atom. The molecule has 2 heterocycles. The Morgan fingerprint density at radius 1 is 1.03 bits per heavy atom. The van der Waals surface area contributed by atoms with Crippen LogP contribution in [0.5, 0.6) is 11.5 Å². The average molecular weight is 447 g/mol. The monoisotopic (exact) mass is 446 g/mol. The third kappa shape index (κ3) is 4.44. The molecule has 1 N–H and O–H groups in total. The van der Waals surface area contributed by atoms with Crippen molar-refractivity contribution in [2.24, 2.45) is 0 Å². The molecule has 0 radical (unpaired) electrons. The molecule has 0 bridgehead atoms. The average Bonchev–Trinajstić information content (AvgIpc) is 3.60. The van der Waals surface area contributed by atoms with Crippen molar-refractivity contribution in [2.45, 2.75) is 45.2 Å². The van der Waals surface area contributed by atoms with E-state index < -0.39 is 0 Å². The number of ether oxygens (including phenoxy) is 2. The van der Waals surface area contributed by atoms with Crippen LogP contribution < -0.4 is 14.8 Å². The van der Waals surface area contributed by atoms with Crippen LogP contribution in [0.15, 0.2) is 59.2 Å². The maximum Gasteiger partial charge on any atom is 0.291 e. The molecule has 0 atom stereocenters. The zero-order valence-electron chi connectivity index (χ0n) is 18.5. The summed E-state index contributed by atoms with van der Waals surface area (Å²) in [6, 6.07) is 14.7. The van der Waals surface area contributed by atoms with Crippen molar-refractivity contribution in [3.8, 4) is 11.5 Å². The van der Waals surface area contributed by atoms with Gasteiger partial charge >= 0.3 is 0 Å². The van der Waals surface area contributed by atoms with Crippen molar-refractivity contribution in [3.05, 3.63) is 77.2 Å². The van der Waals surface area contributed by atoms with Gasteiger partial charge in [-0.15, -0.1) is 0 Å². The van der Waals surface area contributed by atoms with Crippen molar-refractivity contribution in [1.29, 1.82) is 0 Å². The van der Waals surface area contributed by atoms with E-state index in [4.69, 9.17) is 13.9 Å². The molecule has 7 heteroatoms. The van der Waals surface area contributed by atoms with E-state index in [0.717, 1.165) is 42.6 Å². The highest BCUT2D eigenvalue weighted by Gasteiger charge is 2.28. The Morgan fingerprint density at radius 2 is 1.85 bits per heavy atom. The van der Waals surface area contributed by atoms with E-state index in [1.54, 1.807) is 18.2 Å². The highest BCUT2D eigenvalue weighted by molar-refractivity contribution is 6.04. The molecule has 0 unspecified atom stereocenters. The molecule has 2 amide bonds. The fraction of sp³-hybridized carbons (Fsp3) is 0.308. The normalized spacial score (nSPS) is 14.9. The summed E-state index contributed by atoms with van der Waals surface area (Å²) in [7, 11) is 0. The van der Waals surface area contributed by atoms with Gasteiger partial charge in [-0.1, -0.05) is 25.0 Å². The van der Waals surface area contributed by atoms with Gasteiger partial charge in [-0.3, -0.25) is 9.59 Å². The molecule has 1 aromatic heterocycles. The van der Waals surface area contributed by atoms with Gasteiger partial charge < -0.3 is 24.1 Å². The van der Waals surface area contributed by atoms with Crippen LogP contribution in [0.3, 0.4) is 0 Å². The highest BCUT2D eigenvalue weighted by atomic mass is 16.7. The van der Waals surface area contributed by atoms with Gasteiger partial charge in [0, 0.05) is 23.8 Å². The number of nitrogens with one attached hydrogen (secondary N) is 1. The summed E-state index contributed by atoms with van der Waals surface area (Å²) < 4.78 is 16.1. The van der Waals surface area contributed by atoms with E-state index in [1.807, 2.05) is 42.2 Å². The molecule has 0 spiro atoms. The molecule has 1 fully saturated rings. The minimum atomic E-state index is -0.347. The van der Waals surface area contributed by atoms with E-state index in [9.17, 15) is 9.59 Å². The molecule has 1 aliphatic carbocycles. The maximum absolute atomic E-state index is 13.7. The summed E-state index contributed by atoms with van der Waals surface area (Å²) >= 11 is 0. The Bertz CT molecular complexity index is 1170. The van der Waals surface area contributed by atoms with Gasteiger partial charge in [-0.05, 0) is 67.3 Å². The number of anilines is 1. The second-order valence-electron chi connectivity index (χ2n) is 8.52. The number of fused-ring (bicyclic) bond motifs is 1. The minimum absolute atomic E-state index is 0.0481. The number of carbonyl (C=O) groups is 2. The molecule has 7 nitrogen and oxygen atoms in total. The number of furan rings is 1. The zero-order valence-corrected chi connectivity index (χ0v) is 18.5. The number of hydrogen-bond donors (Lipinski definition) is 1. The van der Waals surface area contributed by atoms with Crippen LogP contribution >= 0.6 is 0 Å². The lowest BCUT2D eigenvalue weighted by Gasteiger charge is -2.29. The maximum atomic E-state index is 13.7. The van der Waals surface area contributed by atoms with Crippen LogP contribution in [0.4, 0.5) is 5.69 Å². The second kappa shape index (κ2) is 9.02. The molecule has 1 saturated carbocycles. The first-order chi connectivity index (χ1) is 16.1. The topological polar surface area (TPSA) is 81.0 Å². The smallest absolute Gasteiger partial charge is 0.291 e. The number of carbonyl (C=O) groups excluding carboxylic acids is 2. The fourth-order valence-corrected chi connectivity index (χ4v) is 4.47. The molecule has 2 aromatic carbocycles. The van der Waals surface area contributed by atoms with Crippen molar-refractivity contribution in [2.75, 3.05) is 12.1 Å². The van der Waals surface area contributed by atoms with E-state index in [0.29, 0.717) is 23.5 Å². The van der Waals surface area contributed by atoms with Crippen molar-refractivity contribution >= 4 is 17.5 Å². The molecule has 3 aromatic rings. The Balaban J connectivity index is 1.40. The molecule has 33 heavy (non-hydrogen) atoms. The summed E-state index contributed by atoms with van der Waals surface area (Å²) in [5.74, 6) is 1.27. The summed E-state index contributed by atoms with van der Waals surface area (Å²) in [5.41, 5.74) is 3.01. The van der Waals surface area contributed by atoms with Gasteiger partial charge in [0.05, 0.1) is 6.26 Å². The quantitative estimate of drug-likeness (QED) is 0.566. The predicted octanol–water partition coefficient (Wildman–Crippen LogP) is 5.15. The van der Waals surface area contributed by atoms with Crippen molar-refractivity contribution in [3.63, 3.8) is 0 Å². The van der Waals surface area contributed by atoms with Crippen LogP contribution in [0, 0.1) is 6.92 Å². The second-order valence-corrected chi connectivity index (χ2v) is 8.52. The Labute approximate surface area is 192 Å². The summed E-state index contributed by atoms with van der Waals surface area (Å²) in [5, 5.41) is 2.86. The molecular weight excluding hydrogens is 420 g/mol. The van der Waals surface area contributed by atoms with E-state index in [1.165, 1.54) is 6.26 Å². The largest absolute Gasteiger partial charge is 0.459 e. The molecular formula is C26H26N2O5. The van der Waals surface area contributed by atoms with Crippen molar-refractivity contribution in [1.82, 2.24) is 4.90 Å².